The Labute approximate surface area is 261 Å². The van der Waals surface area contributed by atoms with Gasteiger partial charge in [0, 0.05) is 0 Å². The van der Waals surface area contributed by atoms with Crippen molar-refractivity contribution in [3.63, 3.8) is 0 Å². The van der Waals surface area contributed by atoms with E-state index in [0.717, 1.165) is 12.8 Å². The van der Waals surface area contributed by atoms with Crippen LogP contribution >= 0.6 is 24.8 Å². The second-order valence-corrected chi connectivity index (χ2v) is 20.0. The molecule has 0 bridgehead atoms. The van der Waals surface area contributed by atoms with E-state index in [2.05, 4.69) is 90.1 Å². The molecule has 0 aliphatic heterocycles. The Kier molecular flexibility index (Phi) is 9.46. The van der Waals surface area contributed by atoms with Crippen molar-refractivity contribution in [2.75, 3.05) is 0 Å². The Hall–Kier alpha value is -1.47. The fourth-order valence-electron chi connectivity index (χ4n) is 6.62. The monoisotopic (exact) mass is 652 g/mol. The molecule has 40 heavy (non-hydrogen) atoms. The van der Waals surface area contributed by atoms with Crippen LogP contribution in [0.4, 0.5) is 0 Å². The van der Waals surface area contributed by atoms with E-state index in [4.69, 9.17) is 4.42 Å². The SMILES string of the molecule is CC(C)(C)c1ccc2c(c1)-c1cc(C(C)(C)C)c[c]([Zr]([C]3=C(c4ccoc4)C=CC3)=[C]3CCCCC3)c1C2.Cl.Cl. The van der Waals surface area contributed by atoms with Gasteiger partial charge >= 0.3 is 238 Å². The normalized spacial score (nSPS) is 16.4. The largest absolute Gasteiger partial charge is 0.147 e. The van der Waals surface area contributed by atoms with Crippen LogP contribution in [0, 0.1) is 0 Å². The summed E-state index contributed by atoms with van der Waals surface area (Å²) in [5, 5.41) is 0. The topological polar surface area (TPSA) is 13.1 Å². The van der Waals surface area contributed by atoms with Crippen molar-refractivity contribution in [2.45, 2.75) is 97.3 Å². The molecular weight excluding hydrogens is 611 g/mol. The number of rotatable bonds is 3. The van der Waals surface area contributed by atoms with Crippen molar-refractivity contribution in [1.29, 1.82) is 0 Å². The first kappa shape index (κ1) is 31.5. The molecule has 0 spiro atoms. The second kappa shape index (κ2) is 12.0. The minimum Gasteiger partial charge on any atom is -0.147 e. The molecule has 3 aliphatic rings. The van der Waals surface area contributed by atoms with E-state index in [1.54, 1.807) is 12.1 Å². The predicted octanol–water partition coefficient (Wildman–Crippen LogP) is 10.0. The number of furan rings is 1. The molecule has 0 amide bonds. The minimum absolute atomic E-state index is 0. The maximum atomic E-state index is 5.57. The van der Waals surface area contributed by atoms with Gasteiger partial charge in [0.1, 0.15) is 0 Å². The summed E-state index contributed by atoms with van der Waals surface area (Å²) in [6, 6.07) is 14.7. The van der Waals surface area contributed by atoms with E-state index in [1.807, 2.05) is 15.7 Å². The molecule has 6 rings (SSSR count). The molecule has 0 N–H and O–H groups in total. The minimum atomic E-state index is -2.36. The first-order chi connectivity index (χ1) is 18.1. The molecule has 0 atom stereocenters. The van der Waals surface area contributed by atoms with Gasteiger partial charge < -0.3 is 0 Å². The van der Waals surface area contributed by atoms with Crippen LogP contribution in [0.15, 0.2) is 68.8 Å². The van der Waals surface area contributed by atoms with Gasteiger partial charge in [-0.25, -0.2) is 0 Å². The first-order valence-corrected chi connectivity index (χ1v) is 18.3. The van der Waals surface area contributed by atoms with Crippen molar-refractivity contribution >= 4 is 36.9 Å². The molecule has 3 aromatic rings. The van der Waals surface area contributed by atoms with Gasteiger partial charge in [-0.1, -0.05) is 0 Å². The summed E-state index contributed by atoms with van der Waals surface area (Å²) >= 11 is -2.36. The smallest absolute Gasteiger partial charge is 0.147 e. The van der Waals surface area contributed by atoms with Crippen LogP contribution in [0.25, 0.3) is 16.7 Å². The van der Waals surface area contributed by atoms with Crippen molar-refractivity contribution in [3.05, 3.63) is 92.2 Å². The number of hydrogen-bond donors (Lipinski definition) is 0. The van der Waals surface area contributed by atoms with Gasteiger partial charge in [-0.2, -0.15) is 0 Å². The maximum absolute atomic E-state index is 5.57. The van der Waals surface area contributed by atoms with Crippen LogP contribution in [-0.2, 0) is 38.5 Å². The Morgan fingerprint density at radius 1 is 0.775 bits per heavy atom. The Balaban J connectivity index is 0.00000185. The molecule has 1 fully saturated rings. The van der Waals surface area contributed by atoms with Gasteiger partial charge in [-0.3, -0.25) is 0 Å². The van der Waals surface area contributed by atoms with Crippen LogP contribution in [-0.4, -0.2) is 3.21 Å². The van der Waals surface area contributed by atoms with Crippen LogP contribution < -0.4 is 3.27 Å². The summed E-state index contributed by atoms with van der Waals surface area (Å²) in [7, 11) is 0. The van der Waals surface area contributed by atoms with Gasteiger partial charge in [0.25, 0.3) is 0 Å². The van der Waals surface area contributed by atoms with Crippen molar-refractivity contribution in [2.24, 2.45) is 0 Å². The molecule has 212 valence electrons. The summed E-state index contributed by atoms with van der Waals surface area (Å²) in [5.74, 6) is 0. The van der Waals surface area contributed by atoms with E-state index in [1.165, 1.54) is 71.1 Å². The summed E-state index contributed by atoms with van der Waals surface area (Å²) in [6.07, 6.45) is 17.6. The molecular formula is C36H44Cl2OZr. The molecule has 2 aromatic carbocycles. The molecule has 0 radical (unpaired) electrons. The second-order valence-electron chi connectivity index (χ2n) is 13.6. The van der Waals surface area contributed by atoms with E-state index in [-0.39, 0.29) is 35.6 Å². The van der Waals surface area contributed by atoms with Gasteiger partial charge in [0.2, 0.25) is 0 Å². The van der Waals surface area contributed by atoms with Crippen molar-refractivity contribution < 1.29 is 25.7 Å². The summed E-state index contributed by atoms with van der Waals surface area (Å²) in [5.41, 5.74) is 12.1. The molecule has 0 unspecified atom stereocenters. The van der Waals surface area contributed by atoms with Gasteiger partial charge in [0.05, 0.1) is 0 Å². The Bertz CT molecular complexity index is 1480. The van der Waals surface area contributed by atoms with E-state index < -0.39 is 21.3 Å². The zero-order valence-corrected chi connectivity index (χ0v) is 29.0. The quantitative estimate of drug-likeness (QED) is 0.214. The zero-order chi connectivity index (χ0) is 26.7. The van der Waals surface area contributed by atoms with E-state index in [9.17, 15) is 0 Å². The molecule has 3 aliphatic carbocycles. The third-order valence-corrected chi connectivity index (χ3v) is 16.9. The van der Waals surface area contributed by atoms with Crippen LogP contribution in [0.1, 0.15) is 108 Å². The zero-order valence-electron chi connectivity index (χ0n) is 24.9. The number of hydrogen-bond acceptors (Lipinski definition) is 1. The summed E-state index contributed by atoms with van der Waals surface area (Å²) in [4.78, 5) is 0. The number of benzene rings is 2. The molecule has 1 nitrogen and oxygen atoms in total. The molecule has 0 saturated heterocycles. The Morgan fingerprint density at radius 2 is 1.48 bits per heavy atom. The summed E-state index contributed by atoms with van der Waals surface area (Å²) in [6.45, 7) is 14.2. The number of fused-ring (bicyclic) bond motifs is 3. The first-order valence-electron chi connectivity index (χ1n) is 14.6. The van der Waals surface area contributed by atoms with Crippen molar-refractivity contribution in [1.82, 2.24) is 0 Å². The van der Waals surface area contributed by atoms with E-state index >= 15 is 0 Å². The van der Waals surface area contributed by atoms with Crippen LogP contribution in [0.2, 0.25) is 0 Å². The maximum Gasteiger partial charge on any atom is -0.147 e. The van der Waals surface area contributed by atoms with Gasteiger partial charge in [-0.05, 0) is 0 Å². The average molecular weight is 655 g/mol. The fraction of sp³-hybridized carbons (Fsp3) is 0.417. The summed E-state index contributed by atoms with van der Waals surface area (Å²) < 4.78 is 11.0. The number of halogens is 2. The van der Waals surface area contributed by atoms with Crippen LogP contribution in [0.3, 0.4) is 0 Å². The predicted molar refractivity (Wildman–Crippen MR) is 174 cm³/mol. The standard InChI is InChI=1S/C21H25.C9H7O.C6H10.2ClH.Zr/c1-20(2,3)16-9-7-14-11-15-8-10-17(21(4,5)6)13-19(15)18(14)12-16;1-2-4-8(3-1)9-5-6-10-7-9;1-2-4-6-5-3-1;;;/h7,9-10,12-13H,11H2,1-6H3;1,3,5-7H,2H2;1-5H2;2*1H;. The van der Waals surface area contributed by atoms with E-state index in [0.29, 0.717) is 0 Å². The van der Waals surface area contributed by atoms with Crippen LogP contribution in [0.5, 0.6) is 0 Å². The molecule has 1 saturated carbocycles. The number of allylic oxidation sites excluding steroid dienone is 4. The third-order valence-electron chi connectivity index (χ3n) is 8.89. The van der Waals surface area contributed by atoms with Gasteiger partial charge in [-0.15, -0.1) is 24.8 Å². The molecule has 4 heteroatoms. The molecule has 1 heterocycles. The average Bonchev–Trinajstić information content (AvgIpc) is 3.63. The fourth-order valence-corrected chi connectivity index (χ4v) is 15.5. The Morgan fingerprint density at radius 3 is 2.12 bits per heavy atom. The molecule has 1 aromatic heterocycles. The third kappa shape index (κ3) is 5.88. The van der Waals surface area contributed by atoms with Gasteiger partial charge in [0.15, 0.2) is 0 Å². The van der Waals surface area contributed by atoms with Crippen molar-refractivity contribution in [3.8, 4) is 11.1 Å².